The van der Waals surface area contributed by atoms with Crippen LogP contribution >= 0.6 is 0 Å². The normalized spacial score (nSPS) is 11.6. The van der Waals surface area contributed by atoms with Crippen molar-refractivity contribution >= 4 is 9.28 Å². The average molecular weight is 187 g/mol. The predicted octanol–water partition coefficient (Wildman–Crippen LogP) is 2.51. The van der Waals surface area contributed by atoms with Gasteiger partial charge in [-0.2, -0.15) is 0 Å². The molecule has 0 rings (SSSR count). The van der Waals surface area contributed by atoms with Gasteiger partial charge in [-0.05, 0) is 27.7 Å². The molecule has 0 aromatic heterocycles. The standard InChI is InChI=1S/C9H19O2Si/c1-6-7-12(10-8(2)3)11-9(4)5/h6,8-9H,1,7H2,2-5H3. The third kappa shape index (κ3) is 6.58. The van der Waals surface area contributed by atoms with Crippen LogP contribution in [0.25, 0.3) is 0 Å². The van der Waals surface area contributed by atoms with Crippen molar-refractivity contribution in [2.75, 3.05) is 0 Å². The summed E-state index contributed by atoms with van der Waals surface area (Å²) in [6.45, 7) is 11.8. The second-order valence-electron chi connectivity index (χ2n) is 3.20. The molecule has 0 saturated carbocycles. The van der Waals surface area contributed by atoms with E-state index in [1.807, 2.05) is 33.8 Å². The van der Waals surface area contributed by atoms with Gasteiger partial charge >= 0.3 is 9.28 Å². The summed E-state index contributed by atoms with van der Waals surface area (Å²) in [4.78, 5) is 0. The molecule has 0 saturated heterocycles. The van der Waals surface area contributed by atoms with Crippen molar-refractivity contribution in [3.8, 4) is 0 Å². The van der Waals surface area contributed by atoms with Crippen molar-refractivity contribution < 1.29 is 8.85 Å². The highest BCUT2D eigenvalue weighted by atomic mass is 28.3. The van der Waals surface area contributed by atoms with Crippen molar-refractivity contribution in [3.63, 3.8) is 0 Å². The highest BCUT2D eigenvalue weighted by Gasteiger charge is 2.16. The van der Waals surface area contributed by atoms with Gasteiger partial charge in [-0.3, -0.25) is 0 Å². The fraction of sp³-hybridized carbons (Fsp3) is 0.778. The minimum atomic E-state index is -1.11. The monoisotopic (exact) mass is 187 g/mol. The molecule has 71 valence electrons. The number of hydrogen-bond acceptors (Lipinski definition) is 2. The van der Waals surface area contributed by atoms with Gasteiger partial charge in [0.25, 0.3) is 0 Å². The molecule has 1 radical (unpaired) electrons. The van der Waals surface area contributed by atoms with Crippen LogP contribution in [0.15, 0.2) is 12.7 Å². The van der Waals surface area contributed by atoms with Crippen LogP contribution in [0.1, 0.15) is 27.7 Å². The number of hydrogen-bond donors (Lipinski definition) is 0. The van der Waals surface area contributed by atoms with E-state index in [9.17, 15) is 0 Å². The van der Waals surface area contributed by atoms with Crippen LogP contribution in [-0.4, -0.2) is 21.5 Å². The second kappa shape index (κ2) is 6.40. The zero-order valence-corrected chi connectivity index (χ0v) is 9.46. The fourth-order valence-electron chi connectivity index (χ4n) is 0.768. The van der Waals surface area contributed by atoms with E-state index in [2.05, 4.69) is 6.58 Å². The lowest BCUT2D eigenvalue weighted by Crippen LogP contribution is -2.28. The molecule has 3 heteroatoms. The van der Waals surface area contributed by atoms with Crippen LogP contribution in [0.4, 0.5) is 0 Å². The maximum atomic E-state index is 5.61. The predicted molar refractivity (Wildman–Crippen MR) is 53.2 cm³/mol. The molecule has 2 nitrogen and oxygen atoms in total. The zero-order valence-electron chi connectivity index (χ0n) is 8.46. The van der Waals surface area contributed by atoms with Crippen LogP contribution in [0.3, 0.4) is 0 Å². The Morgan fingerprint density at radius 1 is 1.17 bits per heavy atom. The van der Waals surface area contributed by atoms with Crippen LogP contribution in [0.2, 0.25) is 6.04 Å². The van der Waals surface area contributed by atoms with Crippen molar-refractivity contribution in [1.82, 2.24) is 0 Å². The maximum absolute atomic E-state index is 5.61. The summed E-state index contributed by atoms with van der Waals surface area (Å²) in [5, 5.41) is 0. The quantitative estimate of drug-likeness (QED) is 0.470. The largest absolute Gasteiger partial charge is 0.391 e. The summed E-state index contributed by atoms with van der Waals surface area (Å²) in [7, 11) is -1.11. The Labute approximate surface area is 77.4 Å². The third-order valence-corrected chi connectivity index (χ3v) is 3.14. The first kappa shape index (κ1) is 11.9. The Hall–Kier alpha value is -0.123. The smallest absolute Gasteiger partial charge is 0.389 e. The highest BCUT2D eigenvalue weighted by Crippen LogP contribution is 2.04. The minimum Gasteiger partial charge on any atom is -0.391 e. The van der Waals surface area contributed by atoms with Crippen molar-refractivity contribution in [2.24, 2.45) is 0 Å². The Morgan fingerprint density at radius 2 is 1.58 bits per heavy atom. The molecule has 0 unspecified atom stereocenters. The van der Waals surface area contributed by atoms with E-state index in [1.54, 1.807) is 0 Å². The van der Waals surface area contributed by atoms with Crippen molar-refractivity contribution in [2.45, 2.75) is 45.9 Å². The molecule has 12 heavy (non-hydrogen) atoms. The first-order valence-electron chi connectivity index (χ1n) is 4.36. The van der Waals surface area contributed by atoms with Gasteiger partial charge in [0, 0.05) is 18.3 Å². The van der Waals surface area contributed by atoms with E-state index < -0.39 is 9.28 Å². The summed E-state index contributed by atoms with van der Waals surface area (Å²) < 4.78 is 11.2. The van der Waals surface area contributed by atoms with Gasteiger partial charge in [0.15, 0.2) is 0 Å². The molecule has 0 aromatic rings. The van der Waals surface area contributed by atoms with Gasteiger partial charge in [0.2, 0.25) is 0 Å². The average Bonchev–Trinajstić information content (AvgIpc) is 1.84. The molecule has 0 aromatic carbocycles. The molecule has 0 aliphatic heterocycles. The lowest BCUT2D eigenvalue weighted by molar-refractivity contribution is 0.132. The van der Waals surface area contributed by atoms with E-state index in [0.717, 1.165) is 6.04 Å². The molecule has 0 amide bonds. The molecule has 0 atom stereocenters. The number of rotatable bonds is 6. The Morgan fingerprint density at radius 3 is 1.83 bits per heavy atom. The summed E-state index contributed by atoms with van der Waals surface area (Å²) >= 11 is 0. The fourth-order valence-corrected chi connectivity index (χ4v) is 2.30. The zero-order chi connectivity index (χ0) is 9.56. The summed E-state index contributed by atoms with van der Waals surface area (Å²) in [6.07, 6.45) is 2.36. The Bertz CT molecular complexity index is 114. The molecule has 0 heterocycles. The molecule has 0 fully saturated rings. The van der Waals surface area contributed by atoms with Gasteiger partial charge in [0.05, 0.1) is 0 Å². The summed E-state index contributed by atoms with van der Waals surface area (Å²) in [5.41, 5.74) is 0. The van der Waals surface area contributed by atoms with Gasteiger partial charge < -0.3 is 8.85 Å². The molecule has 0 N–H and O–H groups in total. The molecule has 0 aliphatic carbocycles. The SMILES string of the molecule is C=CC[Si](OC(C)C)OC(C)C. The third-order valence-electron chi connectivity index (χ3n) is 1.05. The van der Waals surface area contributed by atoms with Crippen LogP contribution in [0.5, 0.6) is 0 Å². The molecular weight excluding hydrogens is 168 g/mol. The van der Waals surface area contributed by atoms with Crippen LogP contribution in [-0.2, 0) is 8.85 Å². The van der Waals surface area contributed by atoms with Gasteiger partial charge in [-0.15, -0.1) is 6.58 Å². The maximum Gasteiger partial charge on any atom is 0.389 e. The van der Waals surface area contributed by atoms with Crippen molar-refractivity contribution in [1.29, 1.82) is 0 Å². The van der Waals surface area contributed by atoms with Gasteiger partial charge in [-0.1, -0.05) is 6.08 Å². The van der Waals surface area contributed by atoms with E-state index >= 15 is 0 Å². The highest BCUT2D eigenvalue weighted by molar-refractivity contribution is 6.45. The Kier molecular flexibility index (Phi) is 6.33. The first-order chi connectivity index (χ1) is 5.56. The Balaban J connectivity index is 3.77. The van der Waals surface area contributed by atoms with Crippen molar-refractivity contribution in [3.05, 3.63) is 12.7 Å². The minimum absolute atomic E-state index is 0.248. The van der Waals surface area contributed by atoms with E-state index in [4.69, 9.17) is 8.85 Å². The molecule has 0 spiro atoms. The number of allylic oxidation sites excluding steroid dienone is 1. The lowest BCUT2D eigenvalue weighted by Gasteiger charge is -2.18. The van der Waals surface area contributed by atoms with E-state index in [-0.39, 0.29) is 12.2 Å². The second-order valence-corrected chi connectivity index (χ2v) is 4.82. The summed E-state index contributed by atoms with van der Waals surface area (Å²) in [6, 6.07) is 0.848. The van der Waals surface area contributed by atoms with Crippen LogP contribution in [0, 0.1) is 0 Å². The first-order valence-corrected chi connectivity index (χ1v) is 5.88. The van der Waals surface area contributed by atoms with Gasteiger partial charge in [0.1, 0.15) is 0 Å². The topological polar surface area (TPSA) is 18.5 Å². The van der Waals surface area contributed by atoms with Crippen LogP contribution < -0.4 is 0 Å². The van der Waals surface area contributed by atoms with E-state index in [0.29, 0.717) is 0 Å². The molecule has 0 bridgehead atoms. The van der Waals surface area contributed by atoms with Gasteiger partial charge in [-0.25, -0.2) is 0 Å². The van der Waals surface area contributed by atoms with E-state index in [1.165, 1.54) is 0 Å². The summed E-state index contributed by atoms with van der Waals surface area (Å²) in [5.74, 6) is 0. The molecule has 0 aliphatic rings. The lowest BCUT2D eigenvalue weighted by atomic mass is 10.5. The molecular formula is C9H19O2Si.